The van der Waals surface area contributed by atoms with E-state index >= 15 is 0 Å². The van der Waals surface area contributed by atoms with Crippen LogP contribution in [0.3, 0.4) is 0 Å². The predicted molar refractivity (Wildman–Crippen MR) is 88.0 cm³/mol. The molecule has 2 rings (SSSR count). The van der Waals surface area contributed by atoms with Crippen LogP contribution in [-0.2, 0) is 10.2 Å². The molecule has 0 aliphatic rings. The maximum absolute atomic E-state index is 13.9. The average Bonchev–Trinajstić information content (AvgIpc) is 2.83. The summed E-state index contributed by atoms with van der Waals surface area (Å²) in [6.07, 6.45) is 0.134. The highest BCUT2D eigenvalue weighted by molar-refractivity contribution is 9.10. The Morgan fingerprint density at radius 3 is 2.71 bits per heavy atom. The first-order chi connectivity index (χ1) is 11.1. The van der Waals surface area contributed by atoms with Crippen LogP contribution in [0.2, 0.25) is 0 Å². The van der Waals surface area contributed by atoms with Gasteiger partial charge in [0.2, 0.25) is 0 Å². The normalized spacial score (nSPS) is 12.2. The highest BCUT2D eigenvalue weighted by Gasteiger charge is 2.53. The highest BCUT2D eigenvalue weighted by atomic mass is 79.9. The molecule has 1 amide bonds. The van der Waals surface area contributed by atoms with Crippen molar-refractivity contribution in [3.8, 4) is 6.07 Å². The van der Waals surface area contributed by atoms with E-state index < -0.39 is 24.0 Å². The van der Waals surface area contributed by atoms with Crippen LogP contribution >= 0.6 is 34.9 Å². The topological polar surface area (TPSA) is 110 Å². The van der Waals surface area contributed by atoms with E-state index in [-0.39, 0.29) is 28.4 Å². The summed E-state index contributed by atoms with van der Waals surface area (Å²) < 4.78 is 39.1. The summed E-state index contributed by atoms with van der Waals surface area (Å²) in [5, 5.41) is 11.2. The SMILES string of the molecule is N#CCCNC(=O)c1ccc2sc(C(F)(F)P(=O)(O)O)c(Br)c2c1. The molecule has 0 aliphatic heterocycles. The molecule has 0 unspecified atom stereocenters. The van der Waals surface area contributed by atoms with Gasteiger partial charge in [-0.1, -0.05) is 0 Å². The largest absolute Gasteiger partial charge is 0.400 e. The van der Waals surface area contributed by atoms with Crippen molar-refractivity contribution in [3.05, 3.63) is 33.1 Å². The van der Waals surface area contributed by atoms with E-state index in [1.54, 1.807) is 0 Å². The molecule has 1 aromatic heterocycles. The summed E-state index contributed by atoms with van der Waals surface area (Å²) in [4.78, 5) is 28.9. The average molecular weight is 439 g/mol. The number of halogens is 3. The van der Waals surface area contributed by atoms with Crippen LogP contribution in [0.4, 0.5) is 8.78 Å². The number of alkyl halides is 2. The number of hydrogen-bond donors (Lipinski definition) is 3. The van der Waals surface area contributed by atoms with Crippen LogP contribution < -0.4 is 5.32 Å². The number of carbonyl (C=O) groups excluding carboxylic acids is 1. The molecule has 3 N–H and O–H groups in total. The van der Waals surface area contributed by atoms with Crippen LogP contribution in [0.5, 0.6) is 0 Å². The monoisotopic (exact) mass is 438 g/mol. The molecule has 1 aromatic carbocycles. The summed E-state index contributed by atoms with van der Waals surface area (Å²) in [6.45, 7) is 0.152. The Balaban J connectivity index is 2.45. The number of nitrogens with zero attached hydrogens (tertiary/aromatic N) is 1. The fourth-order valence-electron chi connectivity index (χ4n) is 1.87. The fraction of sp³-hybridized carbons (Fsp3) is 0.231. The lowest BCUT2D eigenvalue weighted by Crippen LogP contribution is -2.24. The standard InChI is InChI=1S/C13H10BrF2N2O4PS/c14-10-8-6-7(12(19)18-5-1-4-17)2-3-9(8)24-11(10)13(15,16)23(20,21)22/h2-3,6H,1,5H2,(H,18,19)(H2,20,21,22). The van der Waals surface area contributed by atoms with Crippen LogP contribution in [0.1, 0.15) is 21.7 Å². The minimum absolute atomic E-state index is 0.134. The Hall–Kier alpha value is -1.37. The molecule has 0 saturated heterocycles. The van der Waals surface area contributed by atoms with Crippen molar-refractivity contribution in [1.82, 2.24) is 5.32 Å². The number of thiophene rings is 1. The first kappa shape index (κ1) is 19.0. The van der Waals surface area contributed by atoms with Crippen molar-refractivity contribution in [2.45, 2.75) is 12.1 Å². The molecule has 11 heteroatoms. The Morgan fingerprint density at radius 2 is 2.12 bits per heavy atom. The van der Waals surface area contributed by atoms with E-state index in [1.165, 1.54) is 18.2 Å². The van der Waals surface area contributed by atoms with Gasteiger partial charge < -0.3 is 15.1 Å². The summed E-state index contributed by atoms with van der Waals surface area (Å²) in [5.74, 6) is -0.478. The van der Waals surface area contributed by atoms with Gasteiger partial charge in [0.05, 0.1) is 12.5 Å². The van der Waals surface area contributed by atoms with Gasteiger partial charge in [-0.05, 0) is 34.1 Å². The number of nitriles is 1. The molecule has 128 valence electrons. The number of amides is 1. The zero-order valence-electron chi connectivity index (χ0n) is 11.8. The van der Waals surface area contributed by atoms with Gasteiger partial charge in [0, 0.05) is 26.7 Å². The van der Waals surface area contributed by atoms with E-state index in [9.17, 15) is 18.1 Å². The van der Waals surface area contributed by atoms with Gasteiger partial charge in [-0.3, -0.25) is 9.36 Å². The van der Waals surface area contributed by atoms with Gasteiger partial charge in [0.15, 0.2) is 0 Å². The van der Waals surface area contributed by atoms with Crippen LogP contribution in [0, 0.1) is 11.3 Å². The third kappa shape index (κ3) is 3.50. The van der Waals surface area contributed by atoms with E-state index in [4.69, 9.17) is 15.0 Å². The molecule has 0 radical (unpaired) electrons. The van der Waals surface area contributed by atoms with Crippen LogP contribution in [0.15, 0.2) is 22.7 Å². The van der Waals surface area contributed by atoms with Crippen LogP contribution in [0.25, 0.3) is 10.1 Å². The maximum atomic E-state index is 13.9. The van der Waals surface area contributed by atoms with Crippen molar-refractivity contribution < 1.29 is 27.9 Å². The van der Waals surface area contributed by atoms with Crippen molar-refractivity contribution >= 4 is 50.9 Å². The van der Waals surface area contributed by atoms with Gasteiger partial charge in [0.25, 0.3) is 5.91 Å². The molecule has 6 nitrogen and oxygen atoms in total. The number of rotatable bonds is 5. The van der Waals surface area contributed by atoms with Gasteiger partial charge in [0.1, 0.15) is 4.88 Å². The van der Waals surface area contributed by atoms with Crippen molar-refractivity contribution in [2.24, 2.45) is 0 Å². The van der Waals surface area contributed by atoms with Gasteiger partial charge in [-0.2, -0.15) is 14.0 Å². The molecule has 0 fully saturated rings. The molecular formula is C13H10BrF2N2O4PS. The molecule has 0 bridgehead atoms. The molecule has 1 heterocycles. The first-order valence-electron chi connectivity index (χ1n) is 6.40. The van der Waals surface area contributed by atoms with Gasteiger partial charge in [-0.15, -0.1) is 11.3 Å². The smallest absolute Gasteiger partial charge is 0.351 e. The minimum Gasteiger partial charge on any atom is -0.351 e. The van der Waals surface area contributed by atoms with E-state index in [2.05, 4.69) is 21.2 Å². The van der Waals surface area contributed by atoms with E-state index in [0.717, 1.165) is 0 Å². The molecule has 0 atom stereocenters. The van der Waals surface area contributed by atoms with Gasteiger partial charge >= 0.3 is 13.3 Å². The van der Waals surface area contributed by atoms with Gasteiger partial charge in [-0.25, -0.2) is 0 Å². The number of benzene rings is 1. The predicted octanol–water partition coefficient (Wildman–Crippen LogP) is 3.53. The molecule has 0 aliphatic carbocycles. The Bertz CT molecular complexity index is 890. The molecule has 0 spiro atoms. The highest BCUT2D eigenvalue weighted by Crippen LogP contribution is 2.62. The summed E-state index contributed by atoms with van der Waals surface area (Å²) >= 11 is 3.48. The lowest BCUT2D eigenvalue weighted by Gasteiger charge is -2.16. The maximum Gasteiger partial charge on any atom is 0.400 e. The molecule has 2 aromatic rings. The van der Waals surface area contributed by atoms with Crippen molar-refractivity contribution in [1.29, 1.82) is 5.26 Å². The lowest BCUT2D eigenvalue weighted by atomic mass is 10.1. The third-order valence-corrected chi connectivity index (χ3v) is 6.48. The Morgan fingerprint density at radius 1 is 1.46 bits per heavy atom. The summed E-state index contributed by atoms with van der Waals surface area (Å²) in [5.41, 5.74) is -4.14. The lowest BCUT2D eigenvalue weighted by molar-refractivity contribution is 0.0595. The second-order valence-corrected chi connectivity index (χ2v) is 8.20. The number of nitrogens with one attached hydrogen (secondary N) is 1. The zero-order valence-corrected chi connectivity index (χ0v) is 15.1. The second-order valence-electron chi connectivity index (χ2n) is 4.71. The second kappa shape index (κ2) is 6.86. The summed E-state index contributed by atoms with van der Waals surface area (Å²) in [6, 6.07) is 6.04. The number of hydrogen-bond acceptors (Lipinski definition) is 4. The van der Waals surface area contributed by atoms with Crippen molar-refractivity contribution in [3.63, 3.8) is 0 Å². The first-order valence-corrected chi connectivity index (χ1v) is 9.63. The molecule has 0 saturated carbocycles. The van der Waals surface area contributed by atoms with E-state index in [0.29, 0.717) is 16.0 Å². The quantitative estimate of drug-likeness (QED) is 0.488. The zero-order chi connectivity index (χ0) is 18.1. The number of fused-ring (bicyclic) bond motifs is 1. The number of carbonyl (C=O) groups is 1. The fourth-order valence-corrected chi connectivity index (χ4v) is 4.79. The van der Waals surface area contributed by atoms with E-state index in [1.807, 2.05) is 6.07 Å². The van der Waals surface area contributed by atoms with Crippen LogP contribution in [-0.4, -0.2) is 22.2 Å². The Kier molecular flexibility index (Phi) is 5.42. The molecular weight excluding hydrogens is 429 g/mol. The Labute approximate surface area is 147 Å². The van der Waals surface area contributed by atoms with Crippen molar-refractivity contribution in [2.75, 3.05) is 6.54 Å². The molecule has 24 heavy (non-hydrogen) atoms. The minimum atomic E-state index is -5.68. The summed E-state index contributed by atoms with van der Waals surface area (Å²) in [7, 11) is -5.68. The third-order valence-electron chi connectivity index (χ3n) is 3.05.